The van der Waals surface area contributed by atoms with Gasteiger partial charge in [-0.15, -0.1) is 0 Å². The second-order valence-corrected chi connectivity index (χ2v) is 6.88. The molecule has 0 atom stereocenters. The molecule has 7 heteroatoms. The lowest BCUT2D eigenvalue weighted by Gasteiger charge is -2.34. The first-order valence-corrected chi connectivity index (χ1v) is 8.93. The van der Waals surface area contributed by atoms with Gasteiger partial charge in [-0.2, -0.15) is 13.2 Å². The molecule has 1 aliphatic heterocycles. The molecule has 2 aromatic rings. The molecule has 0 saturated carbocycles. The number of hydrogen-bond donors (Lipinski definition) is 0. The minimum absolute atomic E-state index is 0.0296. The first kappa shape index (κ1) is 19.2. The fourth-order valence-corrected chi connectivity index (χ4v) is 3.37. The molecule has 4 nitrogen and oxygen atoms in total. The summed E-state index contributed by atoms with van der Waals surface area (Å²) in [6.45, 7) is 1.92. The standard InChI is InChI=1S/C20H22F3N3O/c1-25(18-13-17(7-10-24-18)20(21,22)23)14-15-8-11-26(12-9-15)19(27)16-5-3-2-4-6-16/h2-7,10,13,15H,8-9,11-12,14H2,1H3. The predicted molar refractivity (Wildman–Crippen MR) is 97.6 cm³/mol. The van der Waals surface area contributed by atoms with Gasteiger partial charge in [-0.3, -0.25) is 4.79 Å². The molecule has 27 heavy (non-hydrogen) atoms. The molecule has 0 radical (unpaired) electrons. The molecule has 3 rings (SSSR count). The number of piperidine rings is 1. The second-order valence-electron chi connectivity index (χ2n) is 6.88. The van der Waals surface area contributed by atoms with Gasteiger partial charge in [0.25, 0.3) is 5.91 Å². The van der Waals surface area contributed by atoms with Gasteiger partial charge in [-0.25, -0.2) is 4.98 Å². The van der Waals surface area contributed by atoms with Crippen LogP contribution in [0, 0.1) is 5.92 Å². The van der Waals surface area contributed by atoms with Gasteiger partial charge in [0.05, 0.1) is 5.56 Å². The smallest absolute Gasteiger partial charge is 0.359 e. The Morgan fingerprint density at radius 2 is 1.85 bits per heavy atom. The Kier molecular flexibility index (Phi) is 5.68. The number of carbonyl (C=O) groups excluding carboxylic acids is 1. The maximum absolute atomic E-state index is 12.9. The molecule has 2 heterocycles. The second kappa shape index (κ2) is 7.98. The molecule has 0 unspecified atom stereocenters. The van der Waals surface area contributed by atoms with Crippen LogP contribution in [0.4, 0.5) is 19.0 Å². The van der Waals surface area contributed by atoms with Crippen molar-refractivity contribution in [3.05, 3.63) is 59.8 Å². The Bertz CT molecular complexity index is 772. The number of anilines is 1. The van der Waals surface area contributed by atoms with Crippen molar-refractivity contribution in [3.63, 3.8) is 0 Å². The largest absolute Gasteiger partial charge is 0.416 e. The number of amides is 1. The van der Waals surface area contributed by atoms with Crippen LogP contribution in [-0.4, -0.2) is 42.5 Å². The normalized spacial score (nSPS) is 15.6. The Hall–Kier alpha value is -2.57. The van der Waals surface area contributed by atoms with Crippen LogP contribution in [-0.2, 0) is 6.18 Å². The van der Waals surface area contributed by atoms with Crippen molar-refractivity contribution in [2.45, 2.75) is 19.0 Å². The summed E-state index contributed by atoms with van der Waals surface area (Å²) in [7, 11) is 1.75. The number of pyridine rings is 1. The maximum Gasteiger partial charge on any atom is 0.416 e. The number of halogens is 3. The molecule has 0 spiro atoms. The van der Waals surface area contributed by atoms with Crippen molar-refractivity contribution >= 4 is 11.7 Å². The number of carbonyl (C=O) groups is 1. The van der Waals surface area contributed by atoms with Crippen LogP contribution in [0.25, 0.3) is 0 Å². The average Bonchev–Trinajstić information content (AvgIpc) is 2.68. The molecule has 144 valence electrons. The number of rotatable bonds is 4. The van der Waals surface area contributed by atoms with Crippen LogP contribution in [0.3, 0.4) is 0 Å². The van der Waals surface area contributed by atoms with Gasteiger partial charge in [-0.05, 0) is 43.0 Å². The van der Waals surface area contributed by atoms with E-state index in [1.165, 1.54) is 6.20 Å². The van der Waals surface area contributed by atoms with Crippen molar-refractivity contribution < 1.29 is 18.0 Å². The lowest BCUT2D eigenvalue weighted by atomic mass is 9.95. The van der Waals surface area contributed by atoms with Crippen LogP contribution >= 0.6 is 0 Å². The van der Waals surface area contributed by atoms with Crippen molar-refractivity contribution in [2.24, 2.45) is 5.92 Å². The van der Waals surface area contributed by atoms with Gasteiger partial charge in [0.1, 0.15) is 5.82 Å². The lowest BCUT2D eigenvalue weighted by molar-refractivity contribution is -0.137. The summed E-state index contributed by atoms with van der Waals surface area (Å²) in [6.07, 6.45) is -1.54. The van der Waals surface area contributed by atoms with E-state index >= 15 is 0 Å². The third kappa shape index (κ3) is 4.78. The third-order valence-corrected chi connectivity index (χ3v) is 4.92. The quantitative estimate of drug-likeness (QED) is 0.805. The van der Waals surface area contributed by atoms with E-state index in [1.54, 1.807) is 11.9 Å². The summed E-state index contributed by atoms with van der Waals surface area (Å²) in [5, 5.41) is 0. The minimum atomic E-state index is -4.37. The topological polar surface area (TPSA) is 36.4 Å². The molecule has 0 aliphatic carbocycles. The van der Waals surface area contributed by atoms with Gasteiger partial charge in [-0.1, -0.05) is 18.2 Å². The van der Waals surface area contributed by atoms with Crippen molar-refractivity contribution in [1.29, 1.82) is 0 Å². The minimum Gasteiger partial charge on any atom is -0.359 e. The van der Waals surface area contributed by atoms with E-state index < -0.39 is 11.7 Å². The Morgan fingerprint density at radius 1 is 1.19 bits per heavy atom. The molecule has 1 fully saturated rings. The van der Waals surface area contributed by atoms with E-state index in [0.717, 1.165) is 25.0 Å². The Labute approximate surface area is 156 Å². The number of benzene rings is 1. The van der Waals surface area contributed by atoms with Gasteiger partial charge in [0.2, 0.25) is 0 Å². The van der Waals surface area contributed by atoms with Crippen LogP contribution < -0.4 is 4.90 Å². The zero-order valence-electron chi connectivity index (χ0n) is 15.1. The molecule has 1 saturated heterocycles. The molecular weight excluding hydrogens is 355 g/mol. The number of likely N-dealkylation sites (tertiary alicyclic amines) is 1. The summed E-state index contributed by atoms with van der Waals surface area (Å²) in [5.41, 5.74) is -0.0103. The average molecular weight is 377 g/mol. The summed E-state index contributed by atoms with van der Waals surface area (Å²) >= 11 is 0. The summed E-state index contributed by atoms with van der Waals surface area (Å²) in [4.78, 5) is 20.1. The zero-order valence-corrected chi connectivity index (χ0v) is 15.1. The first-order valence-electron chi connectivity index (χ1n) is 8.93. The molecule has 1 aliphatic rings. The van der Waals surface area contributed by atoms with E-state index in [1.807, 2.05) is 35.2 Å². The zero-order chi connectivity index (χ0) is 19.4. The van der Waals surface area contributed by atoms with E-state index in [2.05, 4.69) is 4.98 Å². The summed E-state index contributed by atoms with van der Waals surface area (Å²) < 4.78 is 38.6. The molecule has 1 amide bonds. The maximum atomic E-state index is 12.9. The van der Waals surface area contributed by atoms with Crippen molar-refractivity contribution in [1.82, 2.24) is 9.88 Å². The van der Waals surface area contributed by atoms with Gasteiger partial charge < -0.3 is 9.80 Å². The fourth-order valence-electron chi connectivity index (χ4n) is 3.37. The van der Waals surface area contributed by atoms with Gasteiger partial charge in [0, 0.05) is 38.4 Å². The molecular formula is C20H22F3N3O. The Balaban J connectivity index is 1.55. The predicted octanol–water partition coefficient (Wildman–Crippen LogP) is 4.09. The lowest BCUT2D eigenvalue weighted by Crippen LogP contribution is -2.41. The summed E-state index contributed by atoms with van der Waals surface area (Å²) in [5.74, 6) is 0.653. The first-order chi connectivity index (χ1) is 12.8. The molecule has 1 aromatic heterocycles. The highest BCUT2D eigenvalue weighted by atomic mass is 19.4. The fraction of sp³-hybridized carbons (Fsp3) is 0.400. The number of nitrogens with zero attached hydrogens (tertiary/aromatic N) is 3. The monoisotopic (exact) mass is 377 g/mol. The molecule has 0 bridgehead atoms. The highest BCUT2D eigenvalue weighted by Crippen LogP contribution is 2.31. The third-order valence-electron chi connectivity index (χ3n) is 4.92. The Morgan fingerprint density at radius 3 is 2.48 bits per heavy atom. The van der Waals surface area contributed by atoms with Crippen LogP contribution in [0.2, 0.25) is 0 Å². The van der Waals surface area contributed by atoms with Crippen molar-refractivity contribution in [2.75, 3.05) is 31.6 Å². The van der Waals surface area contributed by atoms with E-state index in [4.69, 9.17) is 0 Å². The van der Waals surface area contributed by atoms with Gasteiger partial charge in [0.15, 0.2) is 0 Å². The van der Waals surface area contributed by atoms with Crippen molar-refractivity contribution in [3.8, 4) is 0 Å². The van der Waals surface area contributed by atoms with Crippen LogP contribution in [0.15, 0.2) is 48.7 Å². The highest BCUT2D eigenvalue weighted by molar-refractivity contribution is 5.94. The number of alkyl halides is 3. The SMILES string of the molecule is CN(CC1CCN(C(=O)c2ccccc2)CC1)c1cc(C(F)(F)F)ccn1. The highest BCUT2D eigenvalue weighted by Gasteiger charge is 2.31. The van der Waals surface area contributed by atoms with E-state index in [0.29, 0.717) is 36.9 Å². The van der Waals surface area contributed by atoms with Gasteiger partial charge >= 0.3 is 6.18 Å². The van der Waals surface area contributed by atoms with E-state index in [-0.39, 0.29) is 5.91 Å². The molecule has 0 N–H and O–H groups in total. The summed E-state index contributed by atoms with van der Waals surface area (Å²) in [6, 6.07) is 11.2. The molecule has 1 aromatic carbocycles. The van der Waals surface area contributed by atoms with Crippen LogP contribution in [0.1, 0.15) is 28.8 Å². The number of aromatic nitrogens is 1. The van der Waals surface area contributed by atoms with E-state index in [9.17, 15) is 18.0 Å². The number of hydrogen-bond acceptors (Lipinski definition) is 3. The van der Waals surface area contributed by atoms with Crippen LogP contribution in [0.5, 0.6) is 0 Å².